The molecule has 2 nitrogen and oxygen atoms in total. The van der Waals surface area contributed by atoms with Crippen molar-refractivity contribution in [2.24, 2.45) is 0 Å². The molecule has 0 saturated carbocycles. The van der Waals surface area contributed by atoms with Gasteiger partial charge in [0.2, 0.25) is 0 Å². The van der Waals surface area contributed by atoms with Crippen molar-refractivity contribution in [1.82, 2.24) is 9.97 Å². The zero-order chi connectivity index (χ0) is 11.0. The Hall–Kier alpha value is -2.03. The first-order valence-corrected chi connectivity index (χ1v) is 5.11. The van der Waals surface area contributed by atoms with Gasteiger partial charge in [0.1, 0.15) is 7.85 Å². The van der Waals surface area contributed by atoms with Crippen molar-refractivity contribution in [3.05, 3.63) is 48.9 Å². The van der Waals surface area contributed by atoms with E-state index in [4.69, 9.17) is 7.85 Å². The van der Waals surface area contributed by atoms with E-state index in [1.165, 1.54) is 5.39 Å². The van der Waals surface area contributed by atoms with E-state index in [1.807, 2.05) is 24.4 Å². The summed E-state index contributed by atoms with van der Waals surface area (Å²) in [5, 5.41) is 2.34. The second-order valence-corrected chi connectivity index (χ2v) is 3.79. The fourth-order valence-electron chi connectivity index (χ4n) is 1.85. The average molecular weight is 204 g/mol. The Bertz CT molecular complexity index is 629. The third kappa shape index (κ3) is 1.50. The number of nitrogens with zero attached hydrogens (tertiary/aromatic N) is 1. The second kappa shape index (κ2) is 3.52. The number of aromatic nitrogens is 2. The van der Waals surface area contributed by atoms with E-state index < -0.39 is 0 Å². The molecule has 0 aliphatic heterocycles. The van der Waals surface area contributed by atoms with E-state index in [2.05, 4.69) is 28.2 Å². The summed E-state index contributed by atoms with van der Waals surface area (Å²) in [5.41, 5.74) is 2.95. The first-order chi connectivity index (χ1) is 7.83. The van der Waals surface area contributed by atoms with Crippen LogP contribution in [0.4, 0.5) is 0 Å². The zero-order valence-corrected chi connectivity index (χ0v) is 8.64. The van der Waals surface area contributed by atoms with Gasteiger partial charge in [0.05, 0.1) is 18.2 Å². The molecule has 0 unspecified atom stereocenters. The van der Waals surface area contributed by atoms with E-state index in [-0.39, 0.29) is 0 Å². The number of fused-ring (bicyclic) bond motifs is 1. The zero-order valence-electron chi connectivity index (χ0n) is 8.64. The maximum absolute atomic E-state index is 5.74. The number of rotatable bonds is 1. The third-order valence-electron chi connectivity index (χ3n) is 2.67. The van der Waals surface area contributed by atoms with Crippen LogP contribution in [0.3, 0.4) is 0 Å². The van der Waals surface area contributed by atoms with Crippen LogP contribution in [0, 0.1) is 0 Å². The van der Waals surface area contributed by atoms with Crippen LogP contribution in [0.1, 0.15) is 0 Å². The first-order valence-electron chi connectivity index (χ1n) is 5.11. The van der Waals surface area contributed by atoms with Crippen molar-refractivity contribution in [2.45, 2.75) is 0 Å². The van der Waals surface area contributed by atoms with E-state index in [1.54, 1.807) is 6.33 Å². The molecular formula is C13H9BN2. The largest absolute Gasteiger partial charge is 0.345 e. The van der Waals surface area contributed by atoms with Gasteiger partial charge in [0, 0.05) is 5.56 Å². The lowest BCUT2D eigenvalue weighted by Gasteiger charge is -2.02. The van der Waals surface area contributed by atoms with Gasteiger partial charge >= 0.3 is 0 Å². The topological polar surface area (TPSA) is 28.7 Å². The van der Waals surface area contributed by atoms with Crippen molar-refractivity contribution in [3.8, 4) is 11.3 Å². The van der Waals surface area contributed by atoms with Crippen molar-refractivity contribution in [3.63, 3.8) is 0 Å². The summed E-state index contributed by atoms with van der Waals surface area (Å²) in [6, 6.07) is 12.2. The lowest BCUT2D eigenvalue weighted by atomic mass is 9.93. The van der Waals surface area contributed by atoms with Gasteiger partial charge < -0.3 is 4.98 Å². The van der Waals surface area contributed by atoms with Crippen LogP contribution in [0.15, 0.2) is 48.9 Å². The Morgan fingerprint density at radius 1 is 1.00 bits per heavy atom. The summed E-state index contributed by atoms with van der Waals surface area (Å²) < 4.78 is 0. The van der Waals surface area contributed by atoms with Crippen LogP contribution >= 0.6 is 0 Å². The number of hydrogen-bond donors (Lipinski definition) is 1. The molecule has 0 atom stereocenters. The lowest BCUT2D eigenvalue weighted by molar-refractivity contribution is 1.31. The van der Waals surface area contributed by atoms with Crippen LogP contribution in [-0.2, 0) is 0 Å². The Labute approximate surface area is 94.8 Å². The molecule has 0 amide bonds. The Morgan fingerprint density at radius 3 is 2.62 bits per heavy atom. The molecule has 0 saturated heterocycles. The third-order valence-corrected chi connectivity index (χ3v) is 2.67. The minimum absolute atomic E-state index is 0.793. The fraction of sp³-hybridized carbons (Fsp3) is 0. The highest BCUT2D eigenvalue weighted by molar-refractivity contribution is 6.33. The molecule has 3 rings (SSSR count). The van der Waals surface area contributed by atoms with Crippen LogP contribution < -0.4 is 5.46 Å². The summed E-state index contributed by atoms with van der Waals surface area (Å²) in [7, 11) is 5.74. The van der Waals surface area contributed by atoms with E-state index in [9.17, 15) is 0 Å². The summed E-state index contributed by atoms with van der Waals surface area (Å²) in [4.78, 5) is 7.11. The standard InChI is InChI=1S/C13H9BN2/c14-12-4-3-9-5-11(2-1-10(9)6-12)13-7-15-8-16-13/h1-8H,(H,15,16). The first kappa shape index (κ1) is 9.22. The molecule has 2 radical (unpaired) electrons. The van der Waals surface area contributed by atoms with Gasteiger partial charge in [-0.25, -0.2) is 4.98 Å². The predicted molar refractivity (Wildman–Crippen MR) is 66.9 cm³/mol. The van der Waals surface area contributed by atoms with Crippen molar-refractivity contribution in [2.75, 3.05) is 0 Å². The minimum atomic E-state index is 0.793. The molecule has 3 aromatic rings. The SMILES string of the molecule is [B]c1ccc2cc(-c3cnc[nH]3)ccc2c1. The molecule has 0 aliphatic carbocycles. The number of benzene rings is 2. The van der Waals surface area contributed by atoms with Gasteiger partial charge in [-0.05, 0) is 16.8 Å². The summed E-state index contributed by atoms with van der Waals surface area (Å²) >= 11 is 0. The summed E-state index contributed by atoms with van der Waals surface area (Å²) in [5.74, 6) is 0. The van der Waals surface area contributed by atoms with Gasteiger partial charge in [-0.2, -0.15) is 0 Å². The predicted octanol–water partition coefficient (Wildman–Crippen LogP) is 2.02. The molecule has 74 valence electrons. The monoisotopic (exact) mass is 204 g/mol. The number of imidazole rings is 1. The molecule has 1 heterocycles. The van der Waals surface area contributed by atoms with E-state index in [0.717, 1.165) is 22.1 Å². The molecule has 16 heavy (non-hydrogen) atoms. The molecule has 0 aliphatic rings. The average Bonchev–Trinajstić information content (AvgIpc) is 2.82. The van der Waals surface area contributed by atoms with E-state index in [0.29, 0.717) is 0 Å². The Morgan fingerprint density at radius 2 is 1.81 bits per heavy atom. The summed E-state index contributed by atoms with van der Waals surface area (Å²) in [6.45, 7) is 0. The smallest absolute Gasteiger partial charge is 0.113 e. The van der Waals surface area contributed by atoms with Crippen LogP contribution in [-0.4, -0.2) is 17.8 Å². The molecule has 0 fully saturated rings. The maximum atomic E-state index is 5.74. The molecule has 1 N–H and O–H groups in total. The fourth-order valence-corrected chi connectivity index (χ4v) is 1.85. The number of H-pyrrole nitrogens is 1. The van der Waals surface area contributed by atoms with E-state index >= 15 is 0 Å². The normalized spacial score (nSPS) is 10.8. The number of aromatic amines is 1. The molecule has 0 spiro atoms. The molecule has 2 aromatic carbocycles. The number of nitrogens with one attached hydrogen (secondary N) is 1. The molecule has 1 aromatic heterocycles. The summed E-state index contributed by atoms with van der Waals surface area (Å²) in [6.07, 6.45) is 3.50. The van der Waals surface area contributed by atoms with Crippen LogP contribution in [0.25, 0.3) is 22.0 Å². The van der Waals surface area contributed by atoms with Gasteiger partial charge in [-0.1, -0.05) is 35.8 Å². The molecular weight excluding hydrogens is 195 g/mol. The highest BCUT2D eigenvalue weighted by Gasteiger charge is 2.00. The quantitative estimate of drug-likeness (QED) is 0.603. The highest BCUT2D eigenvalue weighted by Crippen LogP contribution is 2.21. The minimum Gasteiger partial charge on any atom is -0.345 e. The Balaban J connectivity index is 2.20. The van der Waals surface area contributed by atoms with Gasteiger partial charge in [-0.3, -0.25) is 0 Å². The lowest BCUT2D eigenvalue weighted by Crippen LogP contribution is -1.99. The van der Waals surface area contributed by atoms with Crippen LogP contribution in [0.2, 0.25) is 0 Å². The molecule has 3 heteroatoms. The number of hydrogen-bond acceptors (Lipinski definition) is 1. The van der Waals surface area contributed by atoms with Gasteiger partial charge in [0.15, 0.2) is 0 Å². The van der Waals surface area contributed by atoms with Crippen molar-refractivity contribution >= 4 is 24.1 Å². The van der Waals surface area contributed by atoms with Crippen molar-refractivity contribution in [1.29, 1.82) is 0 Å². The van der Waals surface area contributed by atoms with Gasteiger partial charge in [0.25, 0.3) is 0 Å². The maximum Gasteiger partial charge on any atom is 0.113 e. The highest BCUT2D eigenvalue weighted by atomic mass is 14.9. The van der Waals surface area contributed by atoms with Crippen LogP contribution in [0.5, 0.6) is 0 Å². The van der Waals surface area contributed by atoms with Crippen molar-refractivity contribution < 1.29 is 0 Å². The Kier molecular flexibility index (Phi) is 2.03. The molecule has 0 bridgehead atoms. The second-order valence-electron chi connectivity index (χ2n) is 3.79. The van der Waals surface area contributed by atoms with Gasteiger partial charge in [-0.15, -0.1) is 0 Å².